The number of hydrogen-bond donors (Lipinski definition) is 2. The molecular weight excluding hydrogens is 220 g/mol. The van der Waals surface area contributed by atoms with Gasteiger partial charge in [0, 0.05) is 0 Å². The summed E-state index contributed by atoms with van der Waals surface area (Å²) in [4.78, 5) is 22.5. The summed E-state index contributed by atoms with van der Waals surface area (Å²) in [5, 5.41) is 18.4. The number of hydrogen-bond acceptors (Lipinski definition) is 2. The van der Waals surface area contributed by atoms with Gasteiger partial charge in [-0.1, -0.05) is 30.3 Å². The largest absolute Gasteiger partial charge is 0.481 e. The first-order valence-corrected chi connectivity index (χ1v) is 5.58. The van der Waals surface area contributed by atoms with Crippen molar-refractivity contribution in [1.29, 1.82) is 0 Å². The molecule has 1 aromatic rings. The summed E-state index contributed by atoms with van der Waals surface area (Å²) in [5.41, 5.74) is -0.662. The highest BCUT2D eigenvalue weighted by atomic mass is 16.4. The Hall–Kier alpha value is -1.84. The summed E-state index contributed by atoms with van der Waals surface area (Å²) in [5.74, 6) is -2.16. The summed E-state index contributed by atoms with van der Waals surface area (Å²) in [6.45, 7) is 0. The Kier molecular flexibility index (Phi) is 2.88. The van der Waals surface area contributed by atoms with E-state index in [0.717, 1.165) is 12.8 Å². The van der Waals surface area contributed by atoms with Gasteiger partial charge in [-0.2, -0.15) is 0 Å². The molecule has 0 heterocycles. The zero-order valence-electron chi connectivity index (χ0n) is 9.30. The van der Waals surface area contributed by atoms with E-state index < -0.39 is 17.4 Å². The van der Waals surface area contributed by atoms with E-state index in [1.807, 2.05) is 0 Å². The summed E-state index contributed by atoms with van der Waals surface area (Å²) in [6.07, 6.45) is 1.22. The highest BCUT2D eigenvalue weighted by Crippen LogP contribution is 2.49. The van der Waals surface area contributed by atoms with Gasteiger partial charge in [-0.05, 0) is 24.3 Å². The molecule has 1 aromatic carbocycles. The minimum Gasteiger partial charge on any atom is -0.481 e. The van der Waals surface area contributed by atoms with Gasteiger partial charge < -0.3 is 10.2 Å². The zero-order valence-corrected chi connectivity index (χ0v) is 9.30. The first-order valence-electron chi connectivity index (χ1n) is 5.58. The Labute approximate surface area is 98.9 Å². The average molecular weight is 234 g/mol. The second-order valence-electron chi connectivity index (χ2n) is 4.49. The molecule has 1 atom stereocenters. The molecule has 0 bridgehead atoms. The monoisotopic (exact) mass is 234 g/mol. The maximum Gasteiger partial charge on any atom is 0.315 e. The number of carbonyl (C=O) groups is 2. The fourth-order valence-corrected chi connectivity index (χ4v) is 2.41. The van der Waals surface area contributed by atoms with Gasteiger partial charge in [-0.3, -0.25) is 9.59 Å². The molecule has 2 rings (SSSR count). The molecule has 1 unspecified atom stereocenters. The lowest BCUT2D eigenvalue weighted by molar-refractivity contribution is -0.151. The lowest BCUT2D eigenvalue weighted by Crippen LogP contribution is -2.40. The third-order valence-corrected chi connectivity index (χ3v) is 3.37. The Morgan fingerprint density at radius 2 is 1.76 bits per heavy atom. The number of carboxylic acids is 2. The third-order valence-electron chi connectivity index (χ3n) is 3.37. The van der Waals surface area contributed by atoms with Crippen LogP contribution in [0.2, 0.25) is 0 Å². The summed E-state index contributed by atoms with van der Waals surface area (Å²) in [7, 11) is 0. The van der Waals surface area contributed by atoms with Crippen molar-refractivity contribution < 1.29 is 19.8 Å². The average Bonchev–Trinajstić information content (AvgIpc) is 3.10. The minimum atomic E-state index is -1.26. The molecule has 1 saturated carbocycles. The van der Waals surface area contributed by atoms with Crippen LogP contribution in [0.1, 0.15) is 24.8 Å². The topological polar surface area (TPSA) is 74.6 Å². The van der Waals surface area contributed by atoms with E-state index in [1.165, 1.54) is 0 Å². The quantitative estimate of drug-likeness (QED) is 0.815. The summed E-state index contributed by atoms with van der Waals surface area (Å²) >= 11 is 0. The van der Waals surface area contributed by atoms with Crippen LogP contribution in [0.4, 0.5) is 0 Å². The lowest BCUT2D eigenvalue weighted by atomic mass is 9.73. The second kappa shape index (κ2) is 4.20. The van der Waals surface area contributed by atoms with Gasteiger partial charge in [0.1, 0.15) is 5.41 Å². The summed E-state index contributed by atoms with van der Waals surface area (Å²) in [6, 6.07) is 8.70. The van der Waals surface area contributed by atoms with Crippen molar-refractivity contribution in [3.63, 3.8) is 0 Å². The third kappa shape index (κ3) is 2.02. The molecule has 90 valence electrons. The molecule has 1 aliphatic carbocycles. The molecule has 4 heteroatoms. The maximum absolute atomic E-state index is 11.6. The zero-order chi connectivity index (χ0) is 12.5. The second-order valence-corrected chi connectivity index (χ2v) is 4.49. The molecule has 0 aliphatic heterocycles. The standard InChI is InChI=1S/C13H14O4/c14-11(15)8-13(12(16)17,10-6-7-10)9-4-2-1-3-5-9/h1-5,10H,6-8H2,(H,14,15)(H,16,17). The van der Waals surface area contributed by atoms with Crippen molar-refractivity contribution in [3.05, 3.63) is 35.9 Å². The molecule has 1 fully saturated rings. The van der Waals surface area contributed by atoms with Crippen molar-refractivity contribution in [3.8, 4) is 0 Å². The maximum atomic E-state index is 11.6. The van der Waals surface area contributed by atoms with E-state index in [2.05, 4.69) is 0 Å². The van der Waals surface area contributed by atoms with Gasteiger partial charge in [-0.15, -0.1) is 0 Å². The molecule has 17 heavy (non-hydrogen) atoms. The SMILES string of the molecule is O=C(O)CC(C(=O)O)(c1ccccc1)C1CC1. The predicted octanol–water partition coefficient (Wildman–Crippen LogP) is 1.89. The van der Waals surface area contributed by atoms with Gasteiger partial charge >= 0.3 is 11.9 Å². The van der Waals surface area contributed by atoms with Crippen molar-refractivity contribution in [2.45, 2.75) is 24.7 Å². The van der Waals surface area contributed by atoms with Crippen LogP contribution in [0, 0.1) is 5.92 Å². The van der Waals surface area contributed by atoms with Crippen LogP contribution in [0.25, 0.3) is 0 Å². The molecule has 0 saturated heterocycles. The van der Waals surface area contributed by atoms with E-state index in [4.69, 9.17) is 5.11 Å². The molecule has 0 spiro atoms. The van der Waals surface area contributed by atoms with Crippen molar-refractivity contribution in [1.82, 2.24) is 0 Å². The van der Waals surface area contributed by atoms with Crippen LogP contribution in [0.3, 0.4) is 0 Å². The molecule has 2 N–H and O–H groups in total. The van der Waals surface area contributed by atoms with Crippen LogP contribution < -0.4 is 0 Å². The molecule has 4 nitrogen and oxygen atoms in total. The smallest absolute Gasteiger partial charge is 0.315 e. The van der Waals surface area contributed by atoms with Crippen molar-refractivity contribution in [2.24, 2.45) is 5.92 Å². The Morgan fingerprint density at radius 1 is 1.18 bits per heavy atom. The van der Waals surface area contributed by atoms with E-state index >= 15 is 0 Å². The van der Waals surface area contributed by atoms with E-state index in [0.29, 0.717) is 5.56 Å². The fourth-order valence-electron chi connectivity index (χ4n) is 2.41. The van der Waals surface area contributed by atoms with Gasteiger partial charge in [-0.25, -0.2) is 0 Å². The lowest BCUT2D eigenvalue weighted by Gasteiger charge is -2.28. The number of rotatable bonds is 5. The van der Waals surface area contributed by atoms with Gasteiger partial charge in [0.2, 0.25) is 0 Å². The number of carboxylic acid groups (broad SMARTS) is 2. The molecule has 0 aromatic heterocycles. The van der Waals surface area contributed by atoms with Crippen LogP contribution >= 0.6 is 0 Å². The molecule has 1 aliphatic rings. The predicted molar refractivity (Wildman–Crippen MR) is 60.7 cm³/mol. The Bertz CT molecular complexity index is 436. The highest BCUT2D eigenvalue weighted by molar-refractivity contribution is 5.88. The summed E-state index contributed by atoms with van der Waals surface area (Å²) < 4.78 is 0. The number of aliphatic carboxylic acids is 2. The van der Waals surface area contributed by atoms with E-state index in [9.17, 15) is 14.7 Å². The Balaban J connectivity index is 2.48. The van der Waals surface area contributed by atoms with Crippen LogP contribution in [-0.2, 0) is 15.0 Å². The van der Waals surface area contributed by atoms with Gasteiger partial charge in [0.25, 0.3) is 0 Å². The van der Waals surface area contributed by atoms with E-state index in [1.54, 1.807) is 30.3 Å². The first-order chi connectivity index (χ1) is 8.07. The first kappa shape index (κ1) is 11.6. The molecule has 0 radical (unpaired) electrons. The van der Waals surface area contributed by atoms with E-state index in [-0.39, 0.29) is 12.3 Å². The van der Waals surface area contributed by atoms with Crippen LogP contribution in [0.5, 0.6) is 0 Å². The fraction of sp³-hybridized carbons (Fsp3) is 0.385. The highest BCUT2D eigenvalue weighted by Gasteiger charge is 2.53. The van der Waals surface area contributed by atoms with Crippen LogP contribution in [-0.4, -0.2) is 22.2 Å². The molecule has 0 amide bonds. The Morgan fingerprint density at radius 3 is 2.18 bits per heavy atom. The van der Waals surface area contributed by atoms with Crippen molar-refractivity contribution in [2.75, 3.05) is 0 Å². The number of benzene rings is 1. The molecular formula is C13H14O4. The van der Waals surface area contributed by atoms with Crippen LogP contribution in [0.15, 0.2) is 30.3 Å². The van der Waals surface area contributed by atoms with Gasteiger partial charge in [0.05, 0.1) is 6.42 Å². The van der Waals surface area contributed by atoms with Crippen molar-refractivity contribution >= 4 is 11.9 Å². The normalized spacial score (nSPS) is 18.4. The van der Waals surface area contributed by atoms with Gasteiger partial charge in [0.15, 0.2) is 0 Å². The minimum absolute atomic E-state index is 0.0569.